The number of methoxy groups -OCH3 is 2. The van der Waals surface area contributed by atoms with Crippen LogP contribution in [-0.4, -0.2) is 36.8 Å². The van der Waals surface area contributed by atoms with E-state index in [0.717, 1.165) is 21.8 Å². The Kier molecular flexibility index (Phi) is 8.57. The number of amides is 2. The molecule has 2 N–H and O–H groups in total. The molecule has 180 valence electrons. The highest BCUT2D eigenvalue weighted by molar-refractivity contribution is 8.00. The van der Waals surface area contributed by atoms with E-state index in [0.29, 0.717) is 23.1 Å². The van der Waals surface area contributed by atoms with Gasteiger partial charge in [0.05, 0.1) is 25.7 Å². The van der Waals surface area contributed by atoms with E-state index in [1.165, 1.54) is 23.1 Å². The van der Waals surface area contributed by atoms with Crippen LogP contribution in [0.2, 0.25) is 0 Å². The lowest BCUT2D eigenvalue weighted by Gasteiger charge is -2.17. The number of benzene rings is 2. The molecule has 0 saturated carbocycles. The smallest absolute Gasteiger partial charge is 0.236 e. The number of thioether (sulfide) groups is 1. The highest BCUT2D eigenvalue weighted by Crippen LogP contribution is 2.33. The van der Waals surface area contributed by atoms with Crippen molar-refractivity contribution in [2.45, 2.75) is 32.1 Å². The molecule has 9 heteroatoms. The lowest BCUT2D eigenvalue weighted by Crippen LogP contribution is -2.19. The maximum atomic E-state index is 12.4. The van der Waals surface area contributed by atoms with Crippen molar-refractivity contribution in [3.63, 3.8) is 0 Å². The quantitative estimate of drug-likeness (QED) is 0.355. The van der Waals surface area contributed by atoms with Crippen molar-refractivity contribution < 1.29 is 19.1 Å². The van der Waals surface area contributed by atoms with E-state index < -0.39 is 0 Å². The number of rotatable bonds is 9. The summed E-state index contributed by atoms with van der Waals surface area (Å²) in [6.45, 7) is 6.08. The molecule has 0 saturated heterocycles. The number of nitrogens with one attached hydrogen (secondary N) is 2. The van der Waals surface area contributed by atoms with Gasteiger partial charge in [-0.2, -0.15) is 0 Å². The van der Waals surface area contributed by atoms with Gasteiger partial charge >= 0.3 is 0 Å². The van der Waals surface area contributed by atoms with Crippen molar-refractivity contribution in [2.75, 3.05) is 30.6 Å². The van der Waals surface area contributed by atoms with Gasteiger partial charge in [-0.1, -0.05) is 20.8 Å². The molecule has 0 aliphatic carbocycles. The van der Waals surface area contributed by atoms with E-state index in [4.69, 9.17) is 9.47 Å². The lowest BCUT2D eigenvalue weighted by atomic mass is 9.92. The highest BCUT2D eigenvalue weighted by Gasteiger charge is 2.16. The number of aromatic nitrogens is 1. The zero-order valence-corrected chi connectivity index (χ0v) is 21.6. The second-order valence-corrected chi connectivity index (χ2v) is 10.7. The summed E-state index contributed by atoms with van der Waals surface area (Å²) in [5, 5.41) is 8.17. The molecule has 0 radical (unpaired) electrons. The average molecular weight is 500 g/mol. The van der Waals surface area contributed by atoms with Gasteiger partial charge in [-0.15, -0.1) is 23.1 Å². The van der Waals surface area contributed by atoms with Gasteiger partial charge in [-0.05, 0) is 47.9 Å². The van der Waals surface area contributed by atoms with Crippen molar-refractivity contribution in [2.24, 2.45) is 5.41 Å². The minimum Gasteiger partial charge on any atom is -0.493 e. The van der Waals surface area contributed by atoms with Crippen molar-refractivity contribution in [1.29, 1.82) is 0 Å². The third kappa shape index (κ3) is 7.50. The Morgan fingerprint density at radius 3 is 2.32 bits per heavy atom. The molecule has 2 aromatic carbocycles. The standard InChI is InChI=1S/C25H29N3O4S2/c1-25(2,3)13-22(29)26-17-7-9-18(10-8-17)33-15-23(30)28-24-27-19(14-34-24)16-6-11-20(31-4)21(12-16)32-5/h6-12,14H,13,15H2,1-5H3,(H,26,29)(H,27,28,30). The molecule has 2 amide bonds. The molecule has 0 spiro atoms. The number of ether oxygens (including phenoxy) is 2. The number of thiazole rings is 1. The van der Waals surface area contributed by atoms with Crippen LogP contribution in [0.1, 0.15) is 27.2 Å². The Bertz CT molecular complexity index is 1140. The molecule has 1 heterocycles. The molecule has 1 aromatic heterocycles. The first-order valence-corrected chi connectivity index (χ1v) is 12.5. The summed E-state index contributed by atoms with van der Waals surface area (Å²) in [6.07, 6.45) is 0.453. The van der Waals surface area contributed by atoms with Crippen LogP contribution < -0.4 is 20.1 Å². The predicted molar refractivity (Wildman–Crippen MR) is 139 cm³/mol. The molecule has 3 aromatic rings. The maximum Gasteiger partial charge on any atom is 0.236 e. The van der Waals surface area contributed by atoms with Crippen LogP contribution >= 0.6 is 23.1 Å². The number of hydrogen-bond donors (Lipinski definition) is 2. The molecular formula is C25H29N3O4S2. The monoisotopic (exact) mass is 499 g/mol. The molecule has 0 atom stereocenters. The molecular weight excluding hydrogens is 470 g/mol. The molecule has 0 aliphatic heterocycles. The minimum atomic E-state index is -0.138. The van der Waals surface area contributed by atoms with Gasteiger partial charge in [-0.3, -0.25) is 9.59 Å². The summed E-state index contributed by atoms with van der Waals surface area (Å²) in [5.74, 6) is 1.37. The fourth-order valence-corrected chi connectivity index (χ4v) is 4.52. The van der Waals surface area contributed by atoms with E-state index in [1.807, 2.05) is 68.6 Å². The van der Waals surface area contributed by atoms with Gasteiger partial charge in [0.15, 0.2) is 16.6 Å². The number of nitrogens with zero attached hydrogens (tertiary/aromatic N) is 1. The summed E-state index contributed by atoms with van der Waals surface area (Å²) >= 11 is 2.78. The zero-order chi connectivity index (χ0) is 24.7. The van der Waals surface area contributed by atoms with Gasteiger partial charge in [0.25, 0.3) is 0 Å². The summed E-state index contributed by atoms with van der Waals surface area (Å²) in [4.78, 5) is 29.9. The highest BCUT2D eigenvalue weighted by atomic mass is 32.2. The first-order valence-electron chi connectivity index (χ1n) is 10.7. The van der Waals surface area contributed by atoms with Crippen LogP contribution in [0, 0.1) is 5.41 Å². The number of carbonyl (C=O) groups is 2. The number of anilines is 2. The molecule has 3 rings (SSSR count). The third-order valence-corrected chi connectivity index (χ3v) is 6.40. The summed E-state index contributed by atoms with van der Waals surface area (Å²) < 4.78 is 10.6. The first kappa shape index (κ1) is 25.6. The topological polar surface area (TPSA) is 89.6 Å². The van der Waals surface area contributed by atoms with Crippen molar-refractivity contribution in [1.82, 2.24) is 4.98 Å². The Labute approximate surface area is 208 Å². The van der Waals surface area contributed by atoms with Crippen LogP contribution in [0.3, 0.4) is 0 Å². The predicted octanol–water partition coefficient (Wildman–Crippen LogP) is 5.93. The molecule has 7 nitrogen and oxygen atoms in total. The zero-order valence-electron chi connectivity index (χ0n) is 19.9. The molecule has 0 bridgehead atoms. The Morgan fingerprint density at radius 2 is 1.68 bits per heavy atom. The van der Waals surface area contributed by atoms with Gasteiger partial charge in [0.1, 0.15) is 0 Å². The molecule has 0 fully saturated rings. The third-order valence-electron chi connectivity index (χ3n) is 4.63. The van der Waals surface area contributed by atoms with E-state index in [1.54, 1.807) is 14.2 Å². The van der Waals surface area contributed by atoms with Crippen LogP contribution in [0.25, 0.3) is 11.3 Å². The summed E-state index contributed by atoms with van der Waals surface area (Å²) in [6, 6.07) is 13.0. The average Bonchev–Trinajstić information content (AvgIpc) is 3.25. The SMILES string of the molecule is COc1ccc(-c2csc(NC(=O)CSc3ccc(NC(=O)CC(C)(C)C)cc3)n2)cc1OC. The van der Waals surface area contributed by atoms with Gasteiger partial charge in [0.2, 0.25) is 11.8 Å². The second-order valence-electron chi connectivity index (χ2n) is 8.75. The largest absolute Gasteiger partial charge is 0.493 e. The maximum absolute atomic E-state index is 12.4. The fraction of sp³-hybridized carbons (Fsp3) is 0.320. The first-order chi connectivity index (χ1) is 16.2. The number of carbonyl (C=O) groups excluding carboxylic acids is 2. The van der Waals surface area contributed by atoms with Crippen LogP contribution in [0.15, 0.2) is 52.7 Å². The lowest BCUT2D eigenvalue weighted by molar-refractivity contribution is -0.118. The van der Waals surface area contributed by atoms with E-state index in [-0.39, 0.29) is 23.0 Å². The molecule has 0 aliphatic rings. The van der Waals surface area contributed by atoms with Gasteiger partial charge in [0, 0.05) is 27.9 Å². The van der Waals surface area contributed by atoms with E-state index >= 15 is 0 Å². The van der Waals surface area contributed by atoms with Gasteiger partial charge < -0.3 is 20.1 Å². The van der Waals surface area contributed by atoms with Crippen LogP contribution in [0.4, 0.5) is 10.8 Å². The Balaban J connectivity index is 1.51. The van der Waals surface area contributed by atoms with Crippen molar-refractivity contribution >= 4 is 45.7 Å². The van der Waals surface area contributed by atoms with Crippen molar-refractivity contribution in [3.05, 3.63) is 47.8 Å². The van der Waals surface area contributed by atoms with E-state index in [9.17, 15) is 9.59 Å². The van der Waals surface area contributed by atoms with Crippen LogP contribution in [-0.2, 0) is 9.59 Å². The van der Waals surface area contributed by atoms with Gasteiger partial charge in [-0.25, -0.2) is 4.98 Å². The number of hydrogen-bond acceptors (Lipinski definition) is 7. The Hall–Kier alpha value is -3.04. The van der Waals surface area contributed by atoms with Crippen LogP contribution in [0.5, 0.6) is 11.5 Å². The summed E-state index contributed by atoms with van der Waals surface area (Å²) in [5.41, 5.74) is 2.30. The minimum absolute atomic E-state index is 0.0109. The normalized spacial score (nSPS) is 11.1. The Morgan fingerprint density at radius 1 is 0.971 bits per heavy atom. The molecule has 0 unspecified atom stereocenters. The summed E-state index contributed by atoms with van der Waals surface area (Å²) in [7, 11) is 3.18. The molecule has 34 heavy (non-hydrogen) atoms. The second kappa shape index (κ2) is 11.4. The van der Waals surface area contributed by atoms with Crippen molar-refractivity contribution in [3.8, 4) is 22.8 Å². The van der Waals surface area contributed by atoms with E-state index in [2.05, 4.69) is 15.6 Å². The fourth-order valence-electron chi connectivity index (χ4n) is 3.08.